The van der Waals surface area contributed by atoms with E-state index in [0.29, 0.717) is 0 Å². The van der Waals surface area contributed by atoms with E-state index in [1.54, 1.807) is 0 Å². The van der Waals surface area contributed by atoms with E-state index in [9.17, 15) is 14.4 Å². The van der Waals surface area contributed by atoms with Crippen molar-refractivity contribution in [3.8, 4) is 0 Å². The van der Waals surface area contributed by atoms with E-state index in [1.807, 2.05) is 17.5 Å². The van der Waals surface area contributed by atoms with Gasteiger partial charge in [0.05, 0.1) is 12.5 Å². The van der Waals surface area contributed by atoms with Gasteiger partial charge in [0.25, 0.3) is 0 Å². The van der Waals surface area contributed by atoms with E-state index in [1.165, 1.54) is 25.2 Å². The summed E-state index contributed by atoms with van der Waals surface area (Å²) in [5.41, 5.74) is 0. The van der Waals surface area contributed by atoms with Crippen molar-refractivity contribution >= 4 is 29.1 Å². The van der Waals surface area contributed by atoms with Gasteiger partial charge in [0.1, 0.15) is 6.04 Å². The minimum absolute atomic E-state index is 0.0116. The lowest BCUT2D eigenvalue weighted by Crippen LogP contribution is -2.40. The molecule has 104 valence electrons. The molecular formula is C12H16N2O4S. The molecule has 19 heavy (non-hydrogen) atoms. The number of aliphatic carboxylic acids is 1. The van der Waals surface area contributed by atoms with Crippen LogP contribution in [-0.2, 0) is 14.4 Å². The lowest BCUT2D eigenvalue weighted by Gasteiger charge is -2.17. The molecule has 0 spiro atoms. The Balaban J connectivity index is 2.65. The van der Waals surface area contributed by atoms with Crippen LogP contribution in [0.15, 0.2) is 17.5 Å². The summed E-state index contributed by atoms with van der Waals surface area (Å²) >= 11 is 1.43. The van der Waals surface area contributed by atoms with Gasteiger partial charge < -0.3 is 15.7 Å². The molecule has 0 radical (unpaired) electrons. The first-order valence-electron chi connectivity index (χ1n) is 5.72. The summed E-state index contributed by atoms with van der Waals surface area (Å²) < 4.78 is 0. The fraction of sp³-hybridized carbons (Fsp3) is 0.417. The second kappa shape index (κ2) is 6.89. The van der Waals surface area contributed by atoms with Crippen LogP contribution in [0, 0.1) is 0 Å². The molecule has 1 rings (SSSR count). The standard InChI is InChI=1S/C12H16N2O4S/c1-7(12(17)18)13-11(16)6-9(14-8(2)15)10-4-3-5-19-10/h3-5,7,9H,6H2,1-2H3,(H,13,16)(H,14,15)(H,17,18). The van der Waals surface area contributed by atoms with Gasteiger partial charge >= 0.3 is 5.97 Å². The number of hydrogen-bond donors (Lipinski definition) is 3. The van der Waals surface area contributed by atoms with Gasteiger partial charge in [0.2, 0.25) is 11.8 Å². The van der Waals surface area contributed by atoms with Crippen LogP contribution >= 0.6 is 11.3 Å². The molecule has 0 aliphatic rings. The molecule has 0 aliphatic heterocycles. The lowest BCUT2D eigenvalue weighted by molar-refractivity contribution is -0.141. The third-order valence-corrected chi connectivity index (χ3v) is 3.39. The first-order chi connectivity index (χ1) is 8.90. The summed E-state index contributed by atoms with van der Waals surface area (Å²) in [6.07, 6.45) is 0.0116. The second-order valence-electron chi connectivity index (χ2n) is 4.10. The van der Waals surface area contributed by atoms with Crippen LogP contribution < -0.4 is 10.6 Å². The highest BCUT2D eigenvalue weighted by atomic mass is 32.1. The average Bonchev–Trinajstić information content (AvgIpc) is 2.80. The van der Waals surface area contributed by atoms with Crippen molar-refractivity contribution in [2.75, 3.05) is 0 Å². The maximum atomic E-state index is 11.7. The van der Waals surface area contributed by atoms with Crippen LogP contribution in [0.4, 0.5) is 0 Å². The van der Waals surface area contributed by atoms with Crippen molar-refractivity contribution in [3.05, 3.63) is 22.4 Å². The highest BCUT2D eigenvalue weighted by Gasteiger charge is 2.20. The number of thiophene rings is 1. The Morgan fingerprint density at radius 2 is 2.05 bits per heavy atom. The molecule has 6 nitrogen and oxygen atoms in total. The quantitative estimate of drug-likeness (QED) is 0.723. The molecule has 2 amide bonds. The molecule has 0 aromatic carbocycles. The van der Waals surface area contributed by atoms with Gasteiger partial charge in [-0.15, -0.1) is 11.3 Å². The molecule has 1 heterocycles. The summed E-state index contributed by atoms with van der Waals surface area (Å²) in [5.74, 6) is -1.75. The van der Waals surface area contributed by atoms with Gasteiger partial charge in [0, 0.05) is 11.8 Å². The first kappa shape index (κ1) is 15.2. The molecule has 3 N–H and O–H groups in total. The zero-order valence-corrected chi connectivity index (χ0v) is 11.5. The van der Waals surface area contributed by atoms with Gasteiger partial charge in [-0.25, -0.2) is 0 Å². The molecule has 2 atom stereocenters. The molecule has 2 unspecified atom stereocenters. The molecular weight excluding hydrogens is 268 g/mol. The van der Waals surface area contributed by atoms with Gasteiger partial charge in [-0.2, -0.15) is 0 Å². The number of carbonyl (C=O) groups is 3. The summed E-state index contributed by atoms with van der Waals surface area (Å²) in [6, 6.07) is 2.26. The molecule has 0 bridgehead atoms. The van der Waals surface area contributed by atoms with Gasteiger partial charge in [-0.3, -0.25) is 14.4 Å². The average molecular weight is 284 g/mol. The second-order valence-corrected chi connectivity index (χ2v) is 5.08. The number of rotatable bonds is 6. The predicted molar refractivity (Wildman–Crippen MR) is 70.7 cm³/mol. The minimum atomic E-state index is -1.10. The van der Waals surface area contributed by atoms with Crippen LogP contribution in [-0.4, -0.2) is 28.9 Å². The molecule has 0 aliphatic carbocycles. The fourth-order valence-electron chi connectivity index (χ4n) is 1.51. The highest BCUT2D eigenvalue weighted by molar-refractivity contribution is 7.10. The molecule has 0 fully saturated rings. The van der Waals surface area contributed by atoms with Crippen LogP contribution in [0.25, 0.3) is 0 Å². The zero-order valence-electron chi connectivity index (χ0n) is 10.7. The molecule has 1 aromatic rings. The third kappa shape index (κ3) is 5.09. The normalized spacial score (nSPS) is 13.4. The van der Waals surface area contributed by atoms with Gasteiger partial charge in [-0.1, -0.05) is 6.07 Å². The minimum Gasteiger partial charge on any atom is -0.480 e. The topological polar surface area (TPSA) is 95.5 Å². The summed E-state index contributed by atoms with van der Waals surface area (Å²) in [6.45, 7) is 2.76. The number of amides is 2. The van der Waals surface area contributed by atoms with Gasteiger partial charge in [0.15, 0.2) is 0 Å². The van der Waals surface area contributed by atoms with Crippen molar-refractivity contribution in [2.24, 2.45) is 0 Å². The van der Waals surface area contributed by atoms with Crippen molar-refractivity contribution in [1.82, 2.24) is 10.6 Å². The Hall–Kier alpha value is -1.89. The maximum Gasteiger partial charge on any atom is 0.325 e. The first-order valence-corrected chi connectivity index (χ1v) is 6.60. The monoisotopic (exact) mass is 284 g/mol. The lowest BCUT2D eigenvalue weighted by atomic mass is 10.1. The maximum absolute atomic E-state index is 11.7. The zero-order chi connectivity index (χ0) is 14.4. The Kier molecular flexibility index (Phi) is 5.50. The molecule has 0 saturated carbocycles. The van der Waals surface area contributed by atoms with Crippen molar-refractivity contribution in [1.29, 1.82) is 0 Å². The number of nitrogens with one attached hydrogen (secondary N) is 2. The Labute approximate surface area is 114 Å². The Morgan fingerprint density at radius 1 is 1.37 bits per heavy atom. The van der Waals surface area contributed by atoms with Crippen LogP contribution in [0.1, 0.15) is 31.2 Å². The van der Waals surface area contributed by atoms with Crippen molar-refractivity contribution in [3.63, 3.8) is 0 Å². The summed E-state index contributed by atoms with van der Waals surface area (Å²) in [7, 11) is 0. The molecule has 0 saturated heterocycles. The molecule has 7 heteroatoms. The number of hydrogen-bond acceptors (Lipinski definition) is 4. The Bertz CT molecular complexity index is 458. The fourth-order valence-corrected chi connectivity index (χ4v) is 2.28. The van der Waals surface area contributed by atoms with Crippen LogP contribution in [0.2, 0.25) is 0 Å². The highest BCUT2D eigenvalue weighted by Crippen LogP contribution is 2.21. The SMILES string of the molecule is CC(=O)NC(CC(=O)NC(C)C(=O)O)c1cccs1. The van der Waals surface area contributed by atoms with E-state index < -0.39 is 24.0 Å². The summed E-state index contributed by atoms with van der Waals surface area (Å²) in [4.78, 5) is 34.4. The smallest absolute Gasteiger partial charge is 0.325 e. The number of carboxylic acids is 1. The number of carboxylic acid groups (broad SMARTS) is 1. The van der Waals surface area contributed by atoms with E-state index in [2.05, 4.69) is 10.6 Å². The Morgan fingerprint density at radius 3 is 2.53 bits per heavy atom. The summed E-state index contributed by atoms with van der Waals surface area (Å²) in [5, 5.41) is 15.6. The van der Waals surface area contributed by atoms with E-state index in [0.717, 1.165) is 4.88 Å². The third-order valence-electron chi connectivity index (χ3n) is 2.40. The van der Waals surface area contributed by atoms with E-state index >= 15 is 0 Å². The largest absolute Gasteiger partial charge is 0.480 e. The molecule has 1 aromatic heterocycles. The van der Waals surface area contributed by atoms with Crippen molar-refractivity contribution in [2.45, 2.75) is 32.4 Å². The van der Waals surface area contributed by atoms with Gasteiger partial charge in [-0.05, 0) is 18.4 Å². The van der Waals surface area contributed by atoms with Crippen molar-refractivity contribution < 1.29 is 19.5 Å². The van der Waals surface area contributed by atoms with E-state index in [-0.39, 0.29) is 12.3 Å². The number of carbonyl (C=O) groups excluding carboxylic acids is 2. The predicted octanol–water partition coefficient (Wildman–Crippen LogP) is 0.905. The van der Waals surface area contributed by atoms with Crippen LogP contribution in [0.5, 0.6) is 0 Å². The van der Waals surface area contributed by atoms with Crippen LogP contribution in [0.3, 0.4) is 0 Å². The van der Waals surface area contributed by atoms with E-state index in [4.69, 9.17) is 5.11 Å².